The molecule has 2 aromatic heterocycles. The molecule has 7 heteroatoms. The topological polar surface area (TPSA) is 76.9 Å². The van der Waals surface area contributed by atoms with Crippen LogP contribution in [0.15, 0.2) is 10.2 Å². The van der Waals surface area contributed by atoms with Crippen LogP contribution in [-0.2, 0) is 31.2 Å². The van der Waals surface area contributed by atoms with Gasteiger partial charge < -0.3 is 5.32 Å². The van der Waals surface area contributed by atoms with Gasteiger partial charge in [0.2, 0.25) is 5.91 Å². The summed E-state index contributed by atoms with van der Waals surface area (Å²) in [6.07, 6.45) is 1.00. The minimum Gasteiger partial charge on any atom is -0.350 e. The van der Waals surface area contributed by atoms with Crippen LogP contribution < -0.4 is 10.9 Å². The lowest BCUT2D eigenvalue weighted by Gasteiger charge is -2.09. The number of thiazole rings is 1. The third-order valence-electron chi connectivity index (χ3n) is 3.54. The van der Waals surface area contributed by atoms with Crippen LogP contribution >= 0.6 is 11.3 Å². The molecule has 2 aromatic rings. The normalized spacial score (nSPS) is 10.7. The Bertz CT molecular complexity index is 748. The lowest BCUT2D eigenvalue weighted by Crippen LogP contribution is -2.29. The van der Waals surface area contributed by atoms with Gasteiger partial charge in [-0.15, -0.1) is 11.3 Å². The molecular formula is C15H20N4O2S. The predicted molar refractivity (Wildman–Crippen MR) is 86.0 cm³/mol. The number of amides is 1. The first-order valence-corrected chi connectivity index (χ1v) is 8.03. The number of carbonyl (C=O) groups is 1. The molecule has 22 heavy (non-hydrogen) atoms. The summed E-state index contributed by atoms with van der Waals surface area (Å²) in [6, 6.07) is 0. The molecule has 118 valence electrons. The van der Waals surface area contributed by atoms with Crippen LogP contribution in [0.1, 0.15) is 34.7 Å². The van der Waals surface area contributed by atoms with Crippen molar-refractivity contribution in [3.8, 4) is 0 Å². The highest BCUT2D eigenvalue weighted by molar-refractivity contribution is 7.09. The average molecular weight is 320 g/mol. The van der Waals surface area contributed by atoms with Crippen LogP contribution in [0.5, 0.6) is 0 Å². The molecular weight excluding hydrogens is 300 g/mol. The van der Waals surface area contributed by atoms with Crippen molar-refractivity contribution in [1.82, 2.24) is 19.9 Å². The third kappa shape index (κ3) is 3.59. The molecule has 0 bridgehead atoms. The second kappa shape index (κ2) is 6.83. The number of nitrogens with one attached hydrogen (secondary N) is 1. The molecule has 1 amide bonds. The lowest BCUT2D eigenvalue weighted by atomic mass is 10.2. The van der Waals surface area contributed by atoms with E-state index in [9.17, 15) is 9.59 Å². The summed E-state index contributed by atoms with van der Waals surface area (Å²) in [4.78, 5) is 32.8. The van der Waals surface area contributed by atoms with Crippen LogP contribution in [0.25, 0.3) is 0 Å². The fourth-order valence-corrected chi connectivity index (χ4v) is 2.79. The van der Waals surface area contributed by atoms with Gasteiger partial charge in [0.05, 0.1) is 29.4 Å². The minimum absolute atomic E-state index is 0.105. The molecule has 0 radical (unpaired) electrons. The van der Waals surface area contributed by atoms with Gasteiger partial charge in [-0.2, -0.15) is 0 Å². The number of nitrogens with zero attached hydrogens (tertiary/aromatic N) is 3. The lowest BCUT2D eigenvalue weighted by molar-refractivity contribution is -0.120. The van der Waals surface area contributed by atoms with Crippen molar-refractivity contribution < 1.29 is 4.79 Å². The summed E-state index contributed by atoms with van der Waals surface area (Å²) in [5, 5.41) is 5.83. The summed E-state index contributed by atoms with van der Waals surface area (Å²) in [7, 11) is 1.68. The maximum absolute atomic E-state index is 12.0. The third-order valence-corrected chi connectivity index (χ3v) is 4.58. The SMILES string of the molecule is CCc1nc(CNC(=O)Cc2nc(C)n(C)c(=O)c2C)cs1. The molecule has 0 atom stereocenters. The molecule has 2 rings (SSSR count). The number of aryl methyl sites for hydroxylation is 2. The smallest absolute Gasteiger partial charge is 0.256 e. The highest BCUT2D eigenvalue weighted by Gasteiger charge is 2.13. The summed E-state index contributed by atoms with van der Waals surface area (Å²) in [6.45, 7) is 5.90. The van der Waals surface area contributed by atoms with E-state index in [1.807, 2.05) is 12.3 Å². The van der Waals surface area contributed by atoms with E-state index >= 15 is 0 Å². The quantitative estimate of drug-likeness (QED) is 0.900. The zero-order valence-electron chi connectivity index (χ0n) is 13.3. The van der Waals surface area contributed by atoms with Gasteiger partial charge in [-0.05, 0) is 20.3 Å². The molecule has 0 aliphatic heterocycles. The highest BCUT2D eigenvalue weighted by Crippen LogP contribution is 2.10. The molecule has 0 aliphatic rings. The first-order valence-electron chi connectivity index (χ1n) is 7.15. The van der Waals surface area contributed by atoms with E-state index in [0.717, 1.165) is 17.1 Å². The maximum Gasteiger partial charge on any atom is 0.256 e. The summed E-state index contributed by atoms with van der Waals surface area (Å²) >= 11 is 1.59. The second-order valence-electron chi connectivity index (χ2n) is 5.13. The van der Waals surface area contributed by atoms with Gasteiger partial charge >= 0.3 is 0 Å². The van der Waals surface area contributed by atoms with Crippen LogP contribution in [-0.4, -0.2) is 20.4 Å². The Morgan fingerprint density at radius 1 is 1.36 bits per heavy atom. The highest BCUT2D eigenvalue weighted by atomic mass is 32.1. The van der Waals surface area contributed by atoms with E-state index < -0.39 is 0 Å². The van der Waals surface area contributed by atoms with E-state index in [4.69, 9.17) is 0 Å². The van der Waals surface area contributed by atoms with Gasteiger partial charge in [0.1, 0.15) is 5.82 Å². The number of rotatable bonds is 5. The van der Waals surface area contributed by atoms with Crippen molar-refractivity contribution >= 4 is 17.2 Å². The summed E-state index contributed by atoms with van der Waals surface area (Å²) < 4.78 is 1.48. The fourth-order valence-electron chi connectivity index (χ4n) is 2.04. The predicted octanol–water partition coefficient (Wildman–Crippen LogP) is 1.27. The molecule has 1 N–H and O–H groups in total. The van der Waals surface area contributed by atoms with Crippen LogP contribution in [0.4, 0.5) is 0 Å². The van der Waals surface area contributed by atoms with Crippen molar-refractivity contribution in [3.05, 3.63) is 43.5 Å². The number of aromatic nitrogens is 3. The Morgan fingerprint density at radius 3 is 2.73 bits per heavy atom. The molecule has 0 unspecified atom stereocenters. The van der Waals surface area contributed by atoms with E-state index in [0.29, 0.717) is 23.6 Å². The van der Waals surface area contributed by atoms with Gasteiger partial charge in [-0.3, -0.25) is 14.2 Å². The Kier molecular flexibility index (Phi) is 5.07. The monoisotopic (exact) mass is 320 g/mol. The van der Waals surface area contributed by atoms with Gasteiger partial charge in [0.25, 0.3) is 5.56 Å². The van der Waals surface area contributed by atoms with Crippen molar-refractivity contribution in [3.63, 3.8) is 0 Å². The van der Waals surface area contributed by atoms with Crippen molar-refractivity contribution in [1.29, 1.82) is 0 Å². The second-order valence-corrected chi connectivity index (χ2v) is 6.08. The minimum atomic E-state index is -0.158. The van der Waals surface area contributed by atoms with E-state index in [1.54, 1.807) is 32.2 Å². The number of carbonyl (C=O) groups excluding carboxylic acids is 1. The molecule has 0 fully saturated rings. The van der Waals surface area contributed by atoms with Crippen molar-refractivity contribution in [2.75, 3.05) is 0 Å². The molecule has 0 spiro atoms. The largest absolute Gasteiger partial charge is 0.350 e. The Labute approximate surface area is 133 Å². The molecule has 6 nitrogen and oxygen atoms in total. The van der Waals surface area contributed by atoms with E-state index in [1.165, 1.54) is 4.57 Å². The zero-order valence-corrected chi connectivity index (χ0v) is 14.1. The first kappa shape index (κ1) is 16.4. The Morgan fingerprint density at radius 2 is 2.09 bits per heavy atom. The molecule has 0 saturated heterocycles. The van der Waals surface area contributed by atoms with Gasteiger partial charge in [-0.25, -0.2) is 9.97 Å². The first-order chi connectivity index (χ1) is 10.4. The standard InChI is InChI=1S/C15H20N4O2S/c1-5-14-18-11(8-22-14)7-16-13(20)6-12-9(2)15(21)19(4)10(3)17-12/h8H,5-7H2,1-4H3,(H,16,20). The Balaban J connectivity index is 2.02. The molecule has 0 aliphatic carbocycles. The maximum atomic E-state index is 12.0. The zero-order chi connectivity index (χ0) is 16.3. The number of hydrogen-bond donors (Lipinski definition) is 1. The van der Waals surface area contributed by atoms with Gasteiger partial charge in [-0.1, -0.05) is 6.92 Å². The van der Waals surface area contributed by atoms with Crippen LogP contribution in [0.3, 0.4) is 0 Å². The fraction of sp³-hybridized carbons (Fsp3) is 0.467. The van der Waals surface area contributed by atoms with Crippen molar-refractivity contribution in [2.45, 2.75) is 40.2 Å². The van der Waals surface area contributed by atoms with Gasteiger partial charge in [0.15, 0.2) is 0 Å². The Hall–Kier alpha value is -2.02. The van der Waals surface area contributed by atoms with E-state index in [-0.39, 0.29) is 17.9 Å². The molecule has 0 aromatic carbocycles. The summed E-state index contributed by atoms with van der Waals surface area (Å²) in [5.74, 6) is 0.444. The van der Waals surface area contributed by atoms with Crippen LogP contribution in [0.2, 0.25) is 0 Å². The molecule has 2 heterocycles. The van der Waals surface area contributed by atoms with Crippen LogP contribution in [0, 0.1) is 13.8 Å². The van der Waals surface area contributed by atoms with E-state index in [2.05, 4.69) is 15.3 Å². The van der Waals surface area contributed by atoms with Gasteiger partial charge in [0, 0.05) is 18.0 Å². The molecule has 0 saturated carbocycles. The van der Waals surface area contributed by atoms with Crippen molar-refractivity contribution in [2.24, 2.45) is 7.05 Å². The number of hydrogen-bond acceptors (Lipinski definition) is 5. The summed E-state index contributed by atoms with van der Waals surface area (Å²) in [5.41, 5.74) is 1.80. The average Bonchev–Trinajstić information content (AvgIpc) is 2.96.